The molecule has 0 radical (unpaired) electrons. The van der Waals surface area contributed by atoms with E-state index >= 15 is 0 Å². The summed E-state index contributed by atoms with van der Waals surface area (Å²) < 4.78 is 37.8. The quantitative estimate of drug-likeness (QED) is 0.430. The van der Waals surface area contributed by atoms with Gasteiger partial charge in [-0.05, 0) is 61.5 Å². The molecule has 7 heteroatoms. The largest absolute Gasteiger partial charge is 0.497 e. The van der Waals surface area contributed by atoms with E-state index in [0.29, 0.717) is 28.9 Å². The Hall–Kier alpha value is -3.58. The van der Waals surface area contributed by atoms with Crippen LogP contribution in [0.5, 0.6) is 11.5 Å². The third-order valence-corrected chi connectivity index (χ3v) is 6.60. The van der Waals surface area contributed by atoms with Gasteiger partial charge < -0.3 is 14.8 Å². The molecule has 3 aromatic carbocycles. The van der Waals surface area contributed by atoms with E-state index in [1.165, 1.54) is 6.20 Å². The molecule has 0 fully saturated rings. The van der Waals surface area contributed by atoms with E-state index in [2.05, 4.69) is 10.3 Å². The molecule has 0 aliphatic rings. The van der Waals surface area contributed by atoms with Crippen molar-refractivity contribution in [1.29, 1.82) is 0 Å². The molecule has 6 nitrogen and oxygen atoms in total. The zero-order valence-electron chi connectivity index (χ0n) is 17.2. The third-order valence-electron chi connectivity index (χ3n) is 4.82. The molecule has 4 rings (SSSR count). The Kier molecular flexibility index (Phi) is 5.77. The van der Waals surface area contributed by atoms with Crippen molar-refractivity contribution < 1.29 is 17.9 Å². The summed E-state index contributed by atoms with van der Waals surface area (Å²) in [5.74, 6) is 1.35. The molecule has 0 bridgehead atoms. The molecule has 1 N–H and O–H groups in total. The number of ether oxygens (including phenoxy) is 2. The molecule has 0 aliphatic carbocycles. The van der Waals surface area contributed by atoms with Crippen LogP contribution in [0.1, 0.15) is 6.92 Å². The number of hydrogen-bond acceptors (Lipinski definition) is 6. The summed E-state index contributed by atoms with van der Waals surface area (Å²) in [5, 5.41) is 3.93. The summed E-state index contributed by atoms with van der Waals surface area (Å²) >= 11 is 0. The zero-order valence-corrected chi connectivity index (χ0v) is 18.0. The number of aromatic nitrogens is 1. The first-order valence-corrected chi connectivity index (χ1v) is 11.3. The minimum Gasteiger partial charge on any atom is -0.497 e. The van der Waals surface area contributed by atoms with Gasteiger partial charge >= 0.3 is 0 Å². The summed E-state index contributed by atoms with van der Waals surface area (Å²) in [5.41, 5.74) is 1.82. The normalized spacial score (nSPS) is 11.3. The van der Waals surface area contributed by atoms with E-state index in [-0.39, 0.29) is 9.79 Å². The van der Waals surface area contributed by atoms with Crippen molar-refractivity contribution in [2.24, 2.45) is 0 Å². The van der Waals surface area contributed by atoms with Crippen LogP contribution in [0.2, 0.25) is 0 Å². The summed E-state index contributed by atoms with van der Waals surface area (Å²) in [6, 6.07) is 21.1. The van der Waals surface area contributed by atoms with Crippen molar-refractivity contribution in [3.8, 4) is 11.5 Å². The van der Waals surface area contributed by atoms with Gasteiger partial charge in [0.15, 0.2) is 0 Å². The van der Waals surface area contributed by atoms with Crippen LogP contribution in [0.4, 0.5) is 11.4 Å². The Morgan fingerprint density at radius 3 is 2.32 bits per heavy atom. The number of rotatable bonds is 7. The van der Waals surface area contributed by atoms with Gasteiger partial charge in [0.05, 0.1) is 29.8 Å². The predicted molar refractivity (Wildman–Crippen MR) is 121 cm³/mol. The van der Waals surface area contributed by atoms with Gasteiger partial charge in [0.25, 0.3) is 0 Å². The Bertz CT molecular complexity index is 1310. The SMILES string of the molecule is CCOc1ccc(Nc2c(S(=O)(=O)c3ccccc3)cnc3ccc(OC)cc23)cc1. The van der Waals surface area contributed by atoms with Crippen molar-refractivity contribution in [3.05, 3.63) is 79.0 Å². The zero-order chi connectivity index (χ0) is 21.8. The fourth-order valence-electron chi connectivity index (χ4n) is 3.29. The highest BCUT2D eigenvalue weighted by atomic mass is 32.2. The first-order valence-electron chi connectivity index (χ1n) is 9.79. The second-order valence-electron chi connectivity index (χ2n) is 6.78. The lowest BCUT2D eigenvalue weighted by molar-refractivity contribution is 0.340. The predicted octanol–water partition coefficient (Wildman–Crippen LogP) is 5.22. The number of methoxy groups -OCH3 is 1. The van der Waals surface area contributed by atoms with E-state index in [0.717, 1.165) is 11.4 Å². The third kappa shape index (κ3) is 4.18. The Morgan fingerprint density at radius 2 is 1.65 bits per heavy atom. The van der Waals surface area contributed by atoms with Crippen molar-refractivity contribution in [1.82, 2.24) is 4.98 Å². The van der Waals surface area contributed by atoms with Crippen LogP contribution in [0.15, 0.2) is 88.8 Å². The standard InChI is InChI=1S/C24H22N2O4S/c1-3-30-18-11-9-17(10-12-18)26-24-21-15-19(29-2)13-14-22(21)25-16-23(24)31(27,28)20-7-5-4-6-8-20/h4-16H,3H2,1-2H3,(H,25,26). The average molecular weight is 435 g/mol. The Balaban J connectivity index is 1.90. The first kappa shape index (κ1) is 20.7. The minimum absolute atomic E-state index is 0.0911. The molecule has 0 saturated carbocycles. The molecule has 31 heavy (non-hydrogen) atoms. The monoisotopic (exact) mass is 434 g/mol. The molecule has 1 heterocycles. The molecule has 0 spiro atoms. The van der Waals surface area contributed by atoms with Gasteiger partial charge in [0, 0.05) is 17.3 Å². The highest BCUT2D eigenvalue weighted by Crippen LogP contribution is 2.36. The van der Waals surface area contributed by atoms with Gasteiger partial charge in [0.2, 0.25) is 9.84 Å². The fraction of sp³-hybridized carbons (Fsp3) is 0.125. The van der Waals surface area contributed by atoms with Gasteiger partial charge in [0.1, 0.15) is 16.4 Å². The molecule has 158 valence electrons. The molecule has 0 amide bonds. The summed E-state index contributed by atoms with van der Waals surface area (Å²) in [4.78, 5) is 4.69. The lowest BCUT2D eigenvalue weighted by atomic mass is 10.1. The minimum atomic E-state index is -3.81. The smallest absolute Gasteiger partial charge is 0.210 e. The fourth-order valence-corrected chi connectivity index (χ4v) is 4.68. The number of nitrogens with zero attached hydrogens (tertiary/aromatic N) is 1. The summed E-state index contributed by atoms with van der Waals surface area (Å²) in [7, 11) is -2.24. The molecule has 0 unspecified atom stereocenters. The second-order valence-corrected chi connectivity index (χ2v) is 8.70. The van der Waals surface area contributed by atoms with Crippen LogP contribution in [-0.2, 0) is 9.84 Å². The maximum atomic E-state index is 13.5. The van der Waals surface area contributed by atoms with Crippen molar-refractivity contribution in [3.63, 3.8) is 0 Å². The van der Waals surface area contributed by atoms with Crippen molar-refractivity contribution >= 4 is 32.1 Å². The van der Waals surface area contributed by atoms with Crippen molar-refractivity contribution in [2.45, 2.75) is 16.7 Å². The summed E-state index contributed by atoms with van der Waals surface area (Å²) in [6.07, 6.45) is 1.40. The lowest BCUT2D eigenvalue weighted by Gasteiger charge is -2.16. The molecular formula is C24H22N2O4S. The second kappa shape index (κ2) is 8.65. The first-order chi connectivity index (χ1) is 15.0. The van der Waals surface area contributed by atoms with Gasteiger partial charge in [-0.15, -0.1) is 0 Å². The Labute approximate surface area is 181 Å². The van der Waals surface area contributed by atoms with Crippen LogP contribution >= 0.6 is 0 Å². The number of nitrogens with one attached hydrogen (secondary N) is 1. The van der Waals surface area contributed by atoms with Gasteiger partial charge in [-0.25, -0.2) is 8.42 Å². The molecule has 1 aromatic heterocycles. The lowest BCUT2D eigenvalue weighted by Crippen LogP contribution is -2.07. The van der Waals surface area contributed by atoms with E-state index in [1.807, 2.05) is 31.2 Å². The molecule has 4 aromatic rings. The van der Waals surface area contributed by atoms with E-state index in [1.54, 1.807) is 55.6 Å². The number of sulfone groups is 1. The number of hydrogen-bond donors (Lipinski definition) is 1. The van der Waals surface area contributed by atoms with Gasteiger partial charge in [-0.1, -0.05) is 18.2 Å². The van der Waals surface area contributed by atoms with Crippen LogP contribution in [-0.4, -0.2) is 27.1 Å². The molecule has 0 saturated heterocycles. The van der Waals surface area contributed by atoms with Crippen LogP contribution in [0, 0.1) is 0 Å². The average Bonchev–Trinajstić information content (AvgIpc) is 2.81. The maximum absolute atomic E-state index is 13.5. The number of benzene rings is 3. The van der Waals surface area contributed by atoms with E-state index in [4.69, 9.17) is 9.47 Å². The van der Waals surface area contributed by atoms with Crippen LogP contribution < -0.4 is 14.8 Å². The van der Waals surface area contributed by atoms with Gasteiger partial charge in [-0.3, -0.25) is 4.98 Å². The highest BCUT2D eigenvalue weighted by Gasteiger charge is 2.24. The molecular weight excluding hydrogens is 412 g/mol. The van der Waals surface area contributed by atoms with E-state index in [9.17, 15) is 8.42 Å². The molecule has 0 aliphatic heterocycles. The number of pyridine rings is 1. The maximum Gasteiger partial charge on any atom is 0.210 e. The highest BCUT2D eigenvalue weighted by molar-refractivity contribution is 7.91. The summed E-state index contributed by atoms with van der Waals surface area (Å²) in [6.45, 7) is 2.49. The Morgan fingerprint density at radius 1 is 0.935 bits per heavy atom. The van der Waals surface area contributed by atoms with E-state index < -0.39 is 9.84 Å². The van der Waals surface area contributed by atoms with Crippen molar-refractivity contribution in [2.75, 3.05) is 19.0 Å². The number of anilines is 2. The van der Waals surface area contributed by atoms with Gasteiger partial charge in [-0.2, -0.15) is 0 Å². The molecule has 0 atom stereocenters. The van der Waals surface area contributed by atoms with Crippen LogP contribution in [0.3, 0.4) is 0 Å². The number of fused-ring (bicyclic) bond motifs is 1. The van der Waals surface area contributed by atoms with Crippen LogP contribution in [0.25, 0.3) is 10.9 Å². The topological polar surface area (TPSA) is 77.5 Å².